The molecular formula is C16H21F3N6O5S. The molecule has 172 valence electrons. The third-order valence-electron chi connectivity index (χ3n) is 4.25. The molecule has 0 unspecified atom stereocenters. The Balaban J connectivity index is 1.74. The molecule has 0 saturated carbocycles. The van der Waals surface area contributed by atoms with E-state index < -0.39 is 45.4 Å². The van der Waals surface area contributed by atoms with Crippen LogP contribution in [0.5, 0.6) is 0 Å². The molecule has 0 bridgehead atoms. The Morgan fingerprint density at radius 1 is 1.26 bits per heavy atom. The minimum absolute atomic E-state index is 0.0777. The zero-order valence-corrected chi connectivity index (χ0v) is 17.5. The van der Waals surface area contributed by atoms with Crippen molar-refractivity contribution < 1.29 is 35.5 Å². The quantitative estimate of drug-likeness (QED) is 0.660. The molecule has 3 rings (SSSR count). The Bertz CT molecular complexity index is 1020. The van der Waals surface area contributed by atoms with Gasteiger partial charge in [-0.15, -0.1) is 0 Å². The lowest BCUT2D eigenvalue weighted by Crippen LogP contribution is -2.44. The van der Waals surface area contributed by atoms with Crippen molar-refractivity contribution in [1.29, 1.82) is 0 Å². The molecule has 1 fully saturated rings. The van der Waals surface area contributed by atoms with E-state index in [-0.39, 0.29) is 25.7 Å². The van der Waals surface area contributed by atoms with E-state index in [0.29, 0.717) is 13.0 Å². The van der Waals surface area contributed by atoms with Gasteiger partial charge in [-0.2, -0.15) is 36.0 Å². The molecule has 0 atom stereocenters. The summed E-state index contributed by atoms with van der Waals surface area (Å²) in [5.74, 6) is -1.09. The van der Waals surface area contributed by atoms with E-state index in [1.165, 1.54) is 0 Å². The second-order valence-corrected chi connectivity index (χ2v) is 8.60. The normalized spacial score (nSPS) is 16.3. The predicted molar refractivity (Wildman–Crippen MR) is 101 cm³/mol. The summed E-state index contributed by atoms with van der Waals surface area (Å²) in [5.41, 5.74) is -2.04. The average molecular weight is 466 g/mol. The first kappa shape index (κ1) is 23.0. The molecule has 1 aliphatic rings. The third kappa shape index (κ3) is 5.54. The number of hydrogen-bond acceptors (Lipinski definition) is 8. The third-order valence-corrected chi connectivity index (χ3v) is 5.74. The van der Waals surface area contributed by atoms with E-state index in [1.807, 2.05) is 4.72 Å². The SMILES string of the molecule is CC(C)n1cc(Nc2nc(C(=O)NS(=O)(=O)N3CCCOCC3)co2)c(C(F)(F)F)n1. The topological polar surface area (TPSA) is 132 Å². The van der Waals surface area contributed by atoms with E-state index in [2.05, 4.69) is 15.4 Å². The minimum atomic E-state index is -4.74. The minimum Gasteiger partial charge on any atom is -0.431 e. The number of alkyl halides is 3. The van der Waals surface area contributed by atoms with E-state index in [4.69, 9.17) is 9.15 Å². The maximum absolute atomic E-state index is 13.2. The standard InChI is InChI=1S/C16H21F3N6O5S/c1-10(2)25-8-11(13(22-25)16(17,18)19)20-15-21-12(9-30-15)14(26)23-31(27,28)24-4-3-6-29-7-5-24/h8-10H,3-7H2,1-2H3,(H,20,21)(H,23,26). The number of nitrogens with zero attached hydrogens (tertiary/aromatic N) is 4. The van der Waals surface area contributed by atoms with Crippen LogP contribution in [0.15, 0.2) is 16.9 Å². The molecule has 3 heterocycles. The summed E-state index contributed by atoms with van der Waals surface area (Å²) < 4.78 is 78.7. The zero-order valence-electron chi connectivity index (χ0n) is 16.6. The number of aromatic nitrogens is 3. The number of halogens is 3. The second kappa shape index (κ2) is 8.84. The van der Waals surface area contributed by atoms with Crippen molar-refractivity contribution >= 4 is 27.8 Å². The number of ether oxygens (including phenoxy) is 1. The molecule has 31 heavy (non-hydrogen) atoms. The average Bonchev–Trinajstić information content (AvgIpc) is 3.21. The van der Waals surface area contributed by atoms with Gasteiger partial charge in [0.1, 0.15) is 6.26 Å². The van der Waals surface area contributed by atoms with Gasteiger partial charge in [0.2, 0.25) is 0 Å². The second-order valence-electron chi connectivity index (χ2n) is 6.93. The van der Waals surface area contributed by atoms with E-state index in [1.54, 1.807) is 13.8 Å². The zero-order chi connectivity index (χ0) is 22.8. The lowest BCUT2D eigenvalue weighted by atomic mass is 10.3. The number of rotatable bonds is 6. The van der Waals surface area contributed by atoms with Gasteiger partial charge < -0.3 is 14.5 Å². The molecule has 0 aromatic carbocycles. The maximum atomic E-state index is 13.2. The Hall–Kier alpha value is -2.65. The first-order valence-electron chi connectivity index (χ1n) is 9.26. The van der Waals surface area contributed by atoms with Crippen LogP contribution in [-0.2, 0) is 21.1 Å². The van der Waals surface area contributed by atoms with Crippen LogP contribution in [0.2, 0.25) is 0 Å². The molecule has 1 saturated heterocycles. The van der Waals surface area contributed by atoms with Crippen LogP contribution in [0.4, 0.5) is 24.9 Å². The van der Waals surface area contributed by atoms with Gasteiger partial charge >= 0.3 is 16.4 Å². The Morgan fingerprint density at radius 2 is 2.00 bits per heavy atom. The smallest absolute Gasteiger partial charge is 0.431 e. The van der Waals surface area contributed by atoms with Crippen LogP contribution in [0.3, 0.4) is 0 Å². The molecule has 0 spiro atoms. The largest absolute Gasteiger partial charge is 0.437 e. The van der Waals surface area contributed by atoms with Gasteiger partial charge in [0.25, 0.3) is 11.9 Å². The number of carbonyl (C=O) groups is 1. The van der Waals surface area contributed by atoms with Crippen LogP contribution in [0.25, 0.3) is 0 Å². The van der Waals surface area contributed by atoms with Gasteiger partial charge in [-0.1, -0.05) is 0 Å². The summed E-state index contributed by atoms with van der Waals surface area (Å²) in [7, 11) is -4.15. The number of carbonyl (C=O) groups excluding carboxylic acids is 1. The van der Waals surface area contributed by atoms with Crippen LogP contribution in [-0.4, -0.2) is 59.7 Å². The van der Waals surface area contributed by atoms with Gasteiger partial charge in [-0.3, -0.25) is 9.48 Å². The van der Waals surface area contributed by atoms with Crippen LogP contribution in [0, 0.1) is 0 Å². The number of oxazole rings is 1. The fourth-order valence-electron chi connectivity index (χ4n) is 2.71. The molecule has 0 radical (unpaired) electrons. The summed E-state index contributed by atoms with van der Waals surface area (Å²) >= 11 is 0. The van der Waals surface area contributed by atoms with E-state index in [0.717, 1.165) is 21.4 Å². The van der Waals surface area contributed by atoms with Crippen molar-refractivity contribution in [2.24, 2.45) is 0 Å². The van der Waals surface area contributed by atoms with Crippen LogP contribution < -0.4 is 10.0 Å². The highest BCUT2D eigenvalue weighted by Gasteiger charge is 2.38. The number of anilines is 2. The van der Waals surface area contributed by atoms with Crippen molar-refractivity contribution in [2.75, 3.05) is 31.6 Å². The lowest BCUT2D eigenvalue weighted by molar-refractivity contribution is -0.140. The summed E-state index contributed by atoms with van der Waals surface area (Å²) in [5, 5.41) is 5.84. The molecule has 2 aromatic heterocycles. The number of nitrogens with one attached hydrogen (secondary N) is 2. The predicted octanol–water partition coefficient (Wildman–Crippen LogP) is 1.91. The molecule has 2 aromatic rings. The summed E-state index contributed by atoms with van der Waals surface area (Å²) in [6.07, 6.45) is -2.30. The summed E-state index contributed by atoms with van der Waals surface area (Å²) in [6, 6.07) is -0.767. The highest BCUT2D eigenvalue weighted by Crippen LogP contribution is 2.35. The maximum Gasteiger partial charge on any atom is 0.437 e. The summed E-state index contributed by atoms with van der Waals surface area (Å²) in [6.45, 7) is 4.16. The van der Waals surface area contributed by atoms with Gasteiger partial charge in [-0.25, -0.2) is 4.72 Å². The van der Waals surface area contributed by atoms with Crippen molar-refractivity contribution in [2.45, 2.75) is 32.5 Å². The number of amides is 1. The van der Waals surface area contributed by atoms with Crippen molar-refractivity contribution in [3.63, 3.8) is 0 Å². The molecule has 1 aliphatic heterocycles. The molecule has 11 nitrogen and oxygen atoms in total. The van der Waals surface area contributed by atoms with Gasteiger partial charge in [-0.05, 0) is 20.3 Å². The van der Waals surface area contributed by atoms with Crippen LogP contribution >= 0.6 is 0 Å². The monoisotopic (exact) mass is 466 g/mol. The fourth-order valence-corrected chi connectivity index (χ4v) is 3.86. The van der Waals surface area contributed by atoms with Gasteiger partial charge in [0, 0.05) is 31.9 Å². The molecular weight excluding hydrogens is 445 g/mol. The highest BCUT2D eigenvalue weighted by molar-refractivity contribution is 7.87. The van der Waals surface area contributed by atoms with Crippen molar-refractivity contribution in [3.05, 3.63) is 23.8 Å². The number of hydrogen-bond donors (Lipinski definition) is 2. The Morgan fingerprint density at radius 3 is 2.68 bits per heavy atom. The fraction of sp³-hybridized carbons (Fsp3) is 0.562. The van der Waals surface area contributed by atoms with Crippen molar-refractivity contribution in [1.82, 2.24) is 23.8 Å². The Labute approximate surface area is 175 Å². The van der Waals surface area contributed by atoms with Gasteiger partial charge in [0.15, 0.2) is 11.4 Å². The van der Waals surface area contributed by atoms with Gasteiger partial charge in [0.05, 0.1) is 12.3 Å². The highest BCUT2D eigenvalue weighted by atomic mass is 32.2. The molecule has 0 aliphatic carbocycles. The molecule has 15 heteroatoms. The van der Waals surface area contributed by atoms with Crippen LogP contribution in [0.1, 0.15) is 42.5 Å². The lowest BCUT2D eigenvalue weighted by Gasteiger charge is -2.18. The molecule has 2 N–H and O–H groups in total. The molecule has 1 amide bonds. The summed E-state index contributed by atoms with van der Waals surface area (Å²) in [4.78, 5) is 16.0. The first-order valence-corrected chi connectivity index (χ1v) is 10.7. The van der Waals surface area contributed by atoms with E-state index in [9.17, 15) is 26.4 Å². The first-order chi connectivity index (χ1) is 14.5. The van der Waals surface area contributed by atoms with E-state index >= 15 is 0 Å². The van der Waals surface area contributed by atoms with Crippen molar-refractivity contribution in [3.8, 4) is 0 Å². The Kier molecular flexibility index (Phi) is 6.56.